The lowest BCUT2D eigenvalue weighted by Crippen LogP contribution is -2.27. The molecular formula is C22H26ClN7O2. The van der Waals surface area contributed by atoms with E-state index in [0.29, 0.717) is 40.5 Å². The van der Waals surface area contributed by atoms with Crippen molar-refractivity contribution in [3.8, 4) is 5.88 Å². The predicted octanol–water partition coefficient (Wildman–Crippen LogP) is 2.88. The van der Waals surface area contributed by atoms with Gasteiger partial charge in [-0.25, -0.2) is 9.97 Å². The van der Waals surface area contributed by atoms with E-state index in [4.69, 9.17) is 16.3 Å². The van der Waals surface area contributed by atoms with Gasteiger partial charge in [0.1, 0.15) is 10.7 Å². The van der Waals surface area contributed by atoms with Crippen LogP contribution in [-0.2, 0) is 26.6 Å². The van der Waals surface area contributed by atoms with Gasteiger partial charge in [0.25, 0.3) is 5.56 Å². The summed E-state index contributed by atoms with van der Waals surface area (Å²) in [7, 11) is 5.41. The Labute approximate surface area is 191 Å². The third-order valence-corrected chi connectivity index (χ3v) is 5.63. The Morgan fingerprint density at radius 3 is 2.84 bits per heavy atom. The number of fused-ring (bicyclic) bond motifs is 1. The third kappa shape index (κ3) is 4.68. The first kappa shape index (κ1) is 22.0. The molecule has 0 radical (unpaired) electrons. The van der Waals surface area contributed by atoms with Gasteiger partial charge in [0.15, 0.2) is 5.82 Å². The lowest BCUT2D eigenvalue weighted by Gasteiger charge is -2.25. The molecule has 2 N–H and O–H groups in total. The van der Waals surface area contributed by atoms with Crippen molar-refractivity contribution in [1.82, 2.24) is 24.4 Å². The number of rotatable bonds is 6. The van der Waals surface area contributed by atoms with E-state index < -0.39 is 0 Å². The number of anilines is 3. The number of halogens is 1. The molecule has 9 nitrogen and oxygen atoms in total. The lowest BCUT2D eigenvalue weighted by molar-refractivity contribution is 0.307. The SMILES string of the molecule is COc1nc2c(cc1Nc1ncc(Cl)c(NCc3cc(C)cn(C)c3=O)n1)CN(C)CC2. The first-order valence-corrected chi connectivity index (χ1v) is 10.7. The fraction of sp³-hybridized carbons (Fsp3) is 0.364. The molecule has 10 heteroatoms. The molecule has 4 rings (SSSR count). The molecule has 0 aliphatic carbocycles. The van der Waals surface area contributed by atoms with Gasteiger partial charge in [-0.15, -0.1) is 0 Å². The van der Waals surface area contributed by atoms with E-state index >= 15 is 0 Å². The number of likely N-dealkylation sites (N-methyl/N-ethyl adjacent to an activating group) is 1. The summed E-state index contributed by atoms with van der Waals surface area (Å²) >= 11 is 6.30. The molecule has 0 spiro atoms. The van der Waals surface area contributed by atoms with Crippen LogP contribution in [0.2, 0.25) is 5.02 Å². The molecule has 0 aromatic carbocycles. The van der Waals surface area contributed by atoms with E-state index in [2.05, 4.69) is 37.5 Å². The van der Waals surface area contributed by atoms with E-state index in [9.17, 15) is 4.79 Å². The van der Waals surface area contributed by atoms with E-state index in [-0.39, 0.29) is 5.56 Å². The summed E-state index contributed by atoms with van der Waals surface area (Å²) in [6.45, 7) is 4.02. The summed E-state index contributed by atoms with van der Waals surface area (Å²) in [6.07, 6.45) is 4.19. The van der Waals surface area contributed by atoms with Gasteiger partial charge >= 0.3 is 0 Å². The molecule has 1 aliphatic rings. The van der Waals surface area contributed by atoms with E-state index in [1.807, 2.05) is 19.1 Å². The van der Waals surface area contributed by atoms with Crippen LogP contribution in [0.4, 0.5) is 17.5 Å². The van der Waals surface area contributed by atoms with Crippen LogP contribution in [0.1, 0.15) is 22.4 Å². The average molecular weight is 456 g/mol. The summed E-state index contributed by atoms with van der Waals surface area (Å²) in [5.41, 5.74) is 4.43. The van der Waals surface area contributed by atoms with Crippen molar-refractivity contribution in [2.45, 2.75) is 26.4 Å². The highest BCUT2D eigenvalue weighted by Crippen LogP contribution is 2.30. The molecule has 4 heterocycles. The Balaban J connectivity index is 1.57. The molecule has 0 unspecified atom stereocenters. The number of hydrogen-bond acceptors (Lipinski definition) is 8. The highest BCUT2D eigenvalue weighted by Gasteiger charge is 2.19. The van der Waals surface area contributed by atoms with Crippen LogP contribution in [0.15, 0.2) is 29.3 Å². The Morgan fingerprint density at radius 2 is 2.06 bits per heavy atom. The number of aromatic nitrogens is 4. The van der Waals surface area contributed by atoms with Crippen LogP contribution in [0.25, 0.3) is 0 Å². The number of aryl methyl sites for hydroxylation is 2. The third-order valence-electron chi connectivity index (χ3n) is 5.35. The quantitative estimate of drug-likeness (QED) is 0.585. The number of hydrogen-bond donors (Lipinski definition) is 2. The van der Waals surface area contributed by atoms with Crippen LogP contribution in [0.5, 0.6) is 5.88 Å². The molecule has 0 bridgehead atoms. The normalized spacial score (nSPS) is 13.5. The second kappa shape index (κ2) is 9.13. The average Bonchev–Trinajstić information content (AvgIpc) is 2.76. The maximum Gasteiger partial charge on any atom is 0.255 e. The van der Waals surface area contributed by atoms with Crippen molar-refractivity contribution >= 4 is 29.1 Å². The standard InChI is InChI=1S/C22H26ClN7O2/c1-13-7-14(21(31)30(3)11-13)9-24-19-16(23)10-25-22(28-19)27-18-8-15-12-29(2)6-5-17(15)26-20(18)32-4/h7-8,10-11H,5-6,9,12H2,1-4H3,(H2,24,25,27,28). The molecule has 0 saturated carbocycles. The highest BCUT2D eigenvalue weighted by molar-refractivity contribution is 6.32. The highest BCUT2D eigenvalue weighted by atomic mass is 35.5. The van der Waals surface area contributed by atoms with E-state index in [1.165, 1.54) is 6.20 Å². The van der Waals surface area contributed by atoms with Gasteiger partial charge in [0.05, 0.1) is 19.0 Å². The fourth-order valence-electron chi connectivity index (χ4n) is 3.78. The Bertz CT molecular complexity index is 1210. The second-order valence-electron chi connectivity index (χ2n) is 7.97. The van der Waals surface area contributed by atoms with Gasteiger partial charge in [-0.3, -0.25) is 4.79 Å². The van der Waals surface area contributed by atoms with Crippen LogP contribution >= 0.6 is 11.6 Å². The number of ether oxygens (including phenoxy) is 1. The minimum atomic E-state index is -0.0681. The number of nitrogens with zero attached hydrogens (tertiary/aromatic N) is 5. The van der Waals surface area contributed by atoms with Gasteiger partial charge in [0.2, 0.25) is 11.8 Å². The molecule has 168 valence electrons. The first-order valence-electron chi connectivity index (χ1n) is 10.3. The van der Waals surface area contributed by atoms with Crippen molar-refractivity contribution < 1.29 is 4.74 Å². The smallest absolute Gasteiger partial charge is 0.255 e. The molecule has 0 amide bonds. The van der Waals surface area contributed by atoms with E-state index in [1.54, 1.807) is 24.9 Å². The van der Waals surface area contributed by atoms with Crippen molar-refractivity contribution in [1.29, 1.82) is 0 Å². The van der Waals surface area contributed by atoms with Crippen molar-refractivity contribution in [2.75, 3.05) is 31.3 Å². The number of nitrogens with one attached hydrogen (secondary N) is 2. The molecule has 0 atom stereocenters. The molecule has 3 aromatic rings. The summed E-state index contributed by atoms with van der Waals surface area (Å²) in [6, 6.07) is 3.88. The van der Waals surface area contributed by atoms with Crippen LogP contribution in [0, 0.1) is 6.92 Å². The predicted molar refractivity (Wildman–Crippen MR) is 125 cm³/mol. The monoisotopic (exact) mass is 455 g/mol. The Morgan fingerprint density at radius 1 is 1.25 bits per heavy atom. The second-order valence-corrected chi connectivity index (χ2v) is 8.37. The summed E-state index contributed by atoms with van der Waals surface area (Å²) in [5.74, 6) is 1.26. The molecule has 0 fully saturated rings. The van der Waals surface area contributed by atoms with Crippen LogP contribution in [0.3, 0.4) is 0 Å². The summed E-state index contributed by atoms with van der Waals surface area (Å²) in [4.78, 5) is 28.0. The zero-order valence-electron chi connectivity index (χ0n) is 18.6. The fourth-order valence-corrected chi connectivity index (χ4v) is 3.94. The van der Waals surface area contributed by atoms with Gasteiger partial charge in [0, 0.05) is 44.9 Å². The van der Waals surface area contributed by atoms with Crippen LogP contribution < -0.4 is 20.9 Å². The topological polar surface area (TPSA) is 97.2 Å². The lowest BCUT2D eigenvalue weighted by atomic mass is 10.1. The molecule has 0 saturated heterocycles. The van der Waals surface area contributed by atoms with E-state index in [0.717, 1.165) is 36.3 Å². The number of pyridine rings is 2. The molecule has 1 aliphatic heterocycles. The maximum atomic E-state index is 12.4. The number of methoxy groups -OCH3 is 1. The summed E-state index contributed by atoms with van der Waals surface area (Å²) < 4.78 is 7.05. The first-order chi connectivity index (χ1) is 15.3. The van der Waals surface area contributed by atoms with Gasteiger partial charge in [-0.05, 0) is 37.2 Å². The van der Waals surface area contributed by atoms with Crippen molar-refractivity contribution in [3.05, 3.63) is 62.3 Å². The maximum absolute atomic E-state index is 12.4. The minimum absolute atomic E-state index is 0.0681. The van der Waals surface area contributed by atoms with Crippen LogP contribution in [-0.4, -0.2) is 45.1 Å². The van der Waals surface area contributed by atoms with Gasteiger partial charge in [-0.2, -0.15) is 4.98 Å². The van der Waals surface area contributed by atoms with Gasteiger partial charge in [-0.1, -0.05) is 11.6 Å². The van der Waals surface area contributed by atoms with Crippen molar-refractivity contribution in [2.24, 2.45) is 7.05 Å². The Kier molecular flexibility index (Phi) is 6.29. The molecule has 32 heavy (non-hydrogen) atoms. The zero-order chi connectivity index (χ0) is 22.8. The summed E-state index contributed by atoms with van der Waals surface area (Å²) in [5, 5.41) is 6.69. The minimum Gasteiger partial charge on any atom is -0.480 e. The zero-order valence-corrected chi connectivity index (χ0v) is 19.3. The Hall–Kier alpha value is -3.17. The molecular weight excluding hydrogens is 430 g/mol. The van der Waals surface area contributed by atoms with Crippen molar-refractivity contribution in [3.63, 3.8) is 0 Å². The van der Waals surface area contributed by atoms with Gasteiger partial charge < -0.3 is 24.8 Å². The molecule has 3 aromatic heterocycles. The largest absolute Gasteiger partial charge is 0.480 e.